The van der Waals surface area contributed by atoms with Crippen LogP contribution in [0, 0.1) is 0 Å². The molecule has 0 radical (unpaired) electrons. The van der Waals surface area contributed by atoms with E-state index in [4.69, 9.17) is 5.53 Å². The Morgan fingerprint density at radius 3 is 3.00 bits per heavy atom. The highest BCUT2D eigenvalue weighted by molar-refractivity contribution is 5.77. The van der Waals surface area contributed by atoms with Crippen molar-refractivity contribution >= 4 is 10.9 Å². The molecule has 14 heavy (non-hydrogen) atoms. The number of aromatic nitrogens is 2. The molecule has 0 bridgehead atoms. The van der Waals surface area contributed by atoms with Crippen LogP contribution in [0.1, 0.15) is 0 Å². The van der Waals surface area contributed by atoms with E-state index in [-0.39, 0.29) is 0 Å². The summed E-state index contributed by atoms with van der Waals surface area (Å²) in [7, 11) is 0. The van der Waals surface area contributed by atoms with E-state index in [9.17, 15) is 4.79 Å². The van der Waals surface area contributed by atoms with Gasteiger partial charge in [0.15, 0.2) is 0 Å². The Bertz CT molecular complexity index is 582. The predicted octanol–water partition coefficient (Wildman–Crippen LogP) is 1.47. The summed E-state index contributed by atoms with van der Waals surface area (Å²) < 4.78 is 0.926. The molecule has 1 aromatic heterocycles. The molecule has 0 unspecified atom stereocenters. The molecule has 6 nitrogen and oxygen atoms in total. The van der Waals surface area contributed by atoms with Gasteiger partial charge >= 0.3 is 5.69 Å². The maximum atomic E-state index is 11.2. The highest BCUT2D eigenvalue weighted by atomic mass is 16.1. The summed E-state index contributed by atoms with van der Waals surface area (Å²) in [6.45, 7) is 0. The lowest BCUT2D eigenvalue weighted by molar-refractivity contribution is 0.811. The zero-order chi connectivity index (χ0) is 9.97. The molecule has 0 aliphatic heterocycles. The topological polar surface area (TPSA) is 83.7 Å². The highest BCUT2D eigenvalue weighted by Gasteiger charge is 2.04. The highest BCUT2D eigenvalue weighted by Crippen LogP contribution is 2.09. The first kappa shape index (κ1) is 8.28. The van der Waals surface area contributed by atoms with Gasteiger partial charge in [0.2, 0.25) is 0 Å². The molecule has 2 aromatic rings. The van der Waals surface area contributed by atoms with Gasteiger partial charge in [0.1, 0.15) is 5.52 Å². The monoisotopic (exact) mass is 187 g/mol. The fourth-order valence-corrected chi connectivity index (χ4v) is 1.20. The van der Waals surface area contributed by atoms with Crippen LogP contribution >= 0.6 is 0 Å². The zero-order valence-corrected chi connectivity index (χ0v) is 7.03. The first-order chi connectivity index (χ1) is 6.83. The molecule has 1 aromatic carbocycles. The van der Waals surface area contributed by atoms with Crippen molar-refractivity contribution in [2.75, 3.05) is 0 Å². The largest absolute Gasteiger partial charge is 0.443 e. The second kappa shape index (κ2) is 3.20. The second-order valence-electron chi connectivity index (χ2n) is 2.59. The molecule has 0 aliphatic rings. The molecule has 0 spiro atoms. The number of hydrogen-bond donors (Lipinski definition) is 0. The number of rotatable bonds is 1. The van der Waals surface area contributed by atoms with E-state index in [1.54, 1.807) is 18.2 Å². The van der Waals surface area contributed by atoms with Crippen molar-refractivity contribution in [1.29, 1.82) is 0 Å². The van der Waals surface area contributed by atoms with Gasteiger partial charge in [-0.1, -0.05) is 12.1 Å². The third kappa shape index (κ3) is 1.19. The molecular formula is C8H5N5O. The van der Waals surface area contributed by atoms with Gasteiger partial charge in [-0.25, -0.2) is 4.79 Å². The van der Waals surface area contributed by atoms with Crippen LogP contribution in [0.2, 0.25) is 0 Å². The van der Waals surface area contributed by atoms with E-state index in [0.717, 1.165) is 10.1 Å². The lowest BCUT2D eigenvalue weighted by Crippen LogP contribution is -2.18. The lowest BCUT2D eigenvalue weighted by Gasteiger charge is -1.96. The van der Waals surface area contributed by atoms with Crippen LogP contribution in [0.3, 0.4) is 0 Å². The number of nitrogens with zero attached hydrogens (tertiary/aromatic N) is 5. The first-order valence-corrected chi connectivity index (χ1v) is 3.85. The summed E-state index contributed by atoms with van der Waals surface area (Å²) in [5.41, 5.74) is 8.24. The molecule has 68 valence electrons. The molecule has 1 heterocycles. The molecule has 2 rings (SSSR count). The quantitative estimate of drug-likeness (QED) is 0.384. The number of para-hydroxylation sites is 1. The maximum absolute atomic E-state index is 11.2. The SMILES string of the molecule is [N-]=[N+]=Nn1c(=O)ncc2ccccc21. The third-order valence-electron chi connectivity index (χ3n) is 1.79. The third-order valence-corrected chi connectivity index (χ3v) is 1.79. The Morgan fingerprint density at radius 1 is 1.43 bits per heavy atom. The minimum absolute atomic E-state index is 0.547. The van der Waals surface area contributed by atoms with Crippen LogP contribution in [0.5, 0.6) is 0 Å². The second-order valence-corrected chi connectivity index (χ2v) is 2.59. The van der Waals surface area contributed by atoms with Gasteiger partial charge in [-0.05, 0) is 17.4 Å². The smallest absolute Gasteiger partial charge is 0.217 e. The Hall–Kier alpha value is -2.33. The molecule has 0 N–H and O–H groups in total. The molecule has 0 saturated heterocycles. The van der Waals surface area contributed by atoms with Gasteiger partial charge in [-0.2, -0.15) is 9.90 Å². The molecule has 0 amide bonds. The van der Waals surface area contributed by atoms with E-state index in [0.29, 0.717) is 5.52 Å². The van der Waals surface area contributed by atoms with E-state index in [1.807, 2.05) is 6.07 Å². The lowest BCUT2D eigenvalue weighted by atomic mass is 10.2. The Kier molecular flexibility index (Phi) is 1.89. The number of benzene rings is 1. The Labute approximate surface area is 78.0 Å². The van der Waals surface area contributed by atoms with Crippen molar-refractivity contribution < 1.29 is 0 Å². The molecule has 0 fully saturated rings. The molecule has 0 aliphatic carbocycles. The summed E-state index contributed by atoms with van der Waals surface area (Å²) in [6, 6.07) is 7.04. The van der Waals surface area contributed by atoms with E-state index >= 15 is 0 Å². The van der Waals surface area contributed by atoms with Gasteiger partial charge < -0.3 is 0 Å². The summed E-state index contributed by atoms with van der Waals surface area (Å²) in [5, 5.41) is 4.01. The molecule has 6 heteroatoms. The summed E-state index contributed by atoms with van der Waals surface area (Å²) in [4.78, 5) is 17.3. The molecule has 0 atom stereocenters. The fourth-order valence-electron chi connectivity index (χ4n) is 1.20. The average molecular weight is 187 g/mol. The van der Waals surface area contributed by atoms with Crippen molar-refractivity contribution in [3.05, 3.63) is 51.4 Å². The van der Waals surface area contributed by atoms with Crippen LogP contribution in [0.25, 0.3) is 21.3 Å². The van der Waals surface area contributed by atoms with Gasteiger partial charge in [-0.15, -0.1) is 10.2 Å². The van der Waals surface area contributed by atoms with Gasteiger partial charge in [0.25, 0.3) is 0 Å². The van der Waals surface area contributed by atoms with Crippen LogP contribution < -0.4 is 5.69 Å². The molecular weight excluding hydrogens is 182 g/mol. The molecule has 0 saturated carbocycles. The minimum Gasteiger partial charge on any atom is -0.217 e. The minimum atomic E-state index is -0.582. The summed E-state index contributed by atoms with van der Waals surface area (Å²) in [5.74, 6) is 0. The van der Waals surface area contributed by atoms with Crippen LogP contribution in [-0.2, 0) is 0 Å². The Balaban J connectivity index is 2.96. The maximum Gasteiger partial charge on any atom is 0.443 e. The summed E-state index contributed by atoms with van der Waals surface area (Å²) in [6.07, 6.45) is 1.45. The zero-order valence-electron chi connectivity index (χ0n) is 7.03. The van der Waals surface area contributed by atoms with E-state index in [1.165, 1.54) is 6.20 Å². The van der Waals surface area contributed by atoms with Crippen LogP contribution in [0.4, 0.5) is 0 Å². The number of fused-ring (bicyclic) bond motifs is 1. The van der Waals surface area contributed by atoms with Crippen molar-refractivity contribution in [3.8, 4) is 0 Å². The van der Waals surface area contributed by atoms with Gasteiger partial charge in [-0.3, -0.25) is 0 Å². The Morgan fingerprint density at radius 2 is 2.21 bits per heavy atom. The van der Waals surface area contributed by atoms with Crippen LogP contribution in [0.15, 0.2) is 40.5 Å². The van der Waals surface area contributed by atoms with Crippen molar-refractivity contribution in [2.24, 2.45) is 5.22 Å². The normalized spacial score (nSPS) is 9.71. The standard InChI is InChI=1S/C8H5N5O/c9-11-12-13-7-4-2-1-3-6(7)5-10-8(13)14/h1-5H. The first-order valence-electron chi connectivity index (χ1n) is 3.85. The fraction of sp³-hybridized carbons (Fsp3) is 0. The van der Waals surface area contributed by atoms with Gasteiger partial charge in [0, 0.05) is 11.6 Å². The van der Waals surface area contributed by atoms with Crippen molar-refractivity contribution in [3.63, 3.8) is 0 Å². The van der Waals surface area contributed by atoms with E-state index in [2.05, 4.69) is 15.1 Å². The summed E-state index contributed by atoms with van der Waals surface area (Å²) >= 11 is 0. The number of hydrogen-bond acceptors (Lipinski definition) is 3. The average Bonchev–Trinajstić information content (AvgIpc) is 2.23. The number of azide groups is 1. The predicted molar refractivity (Wildman–Crippen MR) is 50.5 cm³/mol. The van der Waals surface area contributed by atoms with Crippen molar-refractivity contribution in [2.45, 2.75) is 0 Å². The van der Waals surface area contributed by atoms with Crippen molar-refractivity contribution in [1.82, 2.24) is 9.66 Å². The van der Waals surface area contributed by atoms with Crippen LogP contribution in [-0.4, -0.2) is 9.66 Å². The van der Waals surface area contributed by atoms with Gasteiger partial charge in [0.05, 0.1) is 0 Å². The van der Waals surface area contributed by atoms with E-state index < -0.39 is 5.69 Å².